The number of carboxylic acid groups (broad SMARTS) is 1. The minimum atomic E-state index is -1.18. The third-order valence-corrected chi connectivity index (χ3v) is 3.93. The molecule has 0 saturated heterocycles. The standard InChI is InChI=1S/C17H15NO6S/c1-23-15(19)8-14(17(22)24-2)18-13-7-10(11-5-6-25-9-11)3-4-12(13)16(20)21/h3-9,18H,1-2H3,(H,20,21)/b14-8+. The highest BCUT2D eigenvalue weighted by atomic mass is 32.1. The van der Waals surface area contributed by atoms with E-state index in [4.69, 9.17) is 0 Å². The second-order valence-corrected chi connectivity index (χ2v) is 5.56. The Hall–Kier alpha value is -3.13. The van der Waals surface area contributed by atoms with Crippen LogP contribution in [-0.2, 0) is 19.1 Å². The highest BCUT2D eigenvalue weighted by Gasteiger charge is 2.18. The summed E-state index contributed by atoms with van der Waals surface area (Å²) in [6.45, 7) is 0. The Balaban J connectivity index is 2.48. The molecule has 1 heterocycles. The molecule has 0 aliphatic rings. The summed E-state index contributed by atoms with van der Waals surface area (Å²) in [6.07, 6.45) is 0.898. The van der Waals surface area contributed by atoms with Gasteiger partial charge in [-0.05, 0) is 40.1 Å². The van der Waals surface area contributed by atoms with Gasteiger partial charge in [0.15, 0.2) is 0 Å². The van der Waals surface area contributed by atoms with Crippen molar-refractivity contribution in [3.63, 3.8) is 0 Å². The molecule has 1 aromatic carbocycles. The minimum absolute atomic E-state index is 0.0568. The molecule has 0 amide bonds. The van der Waals surface area contributed by atoms with Crippen molar-refractivity contribution in [1.29, 1.82) is 0 Å². The van der Waals surface area contributed by atoms with E-state index < -0.39 is 17.9 Å². The fourth-order valence-corrected chi connectivity index (χ4v) is 2.69. The number of ether oxygens (including phenoxy) is 2. The zero-order chi connectivity index (χ0) is 18.4. The zero-order valence-corrected chi connectivity index (χ0v) is 14.3. The van der Waals surface area contributed by atoms with E-state index in [1.807, 2.05) is 16.8 Å². The number of anilines is 1. The lowest BCUT2D eigenvalue weighted by atomic mass is 10.0. The van der Waals surface area contributed by atoms with Crippen molar-refractivity contribution in [2.45, 2.75) is 0 Å². The highest BCUT2D eigenvalue weighted by Crippen LogP contribution is 2.28. The van der Waals surface area contributed by atoms with Gasteiger partial charge in [0.05, 0.1) is 31.5 Å². The third kappa shape index (κ3) is 4.45. The van der Waals surface area contributed by atoms with Gasteiger partial charge < -0.3 is 19.9 Å². The molecule has 0 fully saturated rings. The van der Waals surface area contributed by atoms with Gasteiger partial charge >= 0.3 is 17.9 Å². The molecule has 0 aliphatic carbocycles. The van der Waals surface area contributed by atoms with E-state index in [1.54, 1.807) is 12.1 Å². The fourth-order valence-electron chi connectivity index (χ4n) is 2.02. The number of carbonyl (C=O) groups excluding carboxylic acids is 2. The van der Waals surface area contributed by atoms with Crippen LogP contribution < -0.4 is 5.32 Å². The summed E-state index contributed by atoms with van der Waals surface area (Å²) in [5.41, 5.74) is 1.52. The van der Waals surface area contributed by atoms with Gasteiger partial charge in [0, 0.05) is 0 Å². The molecule has 7 nitrogen and oxygen atoms in total. The Morgan fingerprint density at radius 1 is 1.12 bits per heavy atom. The minimum Gasteiger partial charge on any atom is -0.478 e. The number of nitrogens with one attached hydrogen (secondary N) is 1. The van der Waals surface area contributed by atoms with Crippen LogP contribution in [0.5, 0.6) is 0 Å². The van der Waals surface area contributed by atoms with E-state index >= 15 is 0 Å². The Labute approximate surface area is 147 Å². The lowest BCUT2D eigenvalue weighted by molar-refractivity contribution is -0.138. The first-order chi connectivity index (χ1) is 12.0. The van der Waals surface area contributed by atoms with Crippen LogP contribution in [0.4, 0.5) is 5.69 Å². The number of rotatable bonds is 6. The van der Waals surface area contributed by atoms with Gasteiger partial charge in [-0.2, -0.15) is 11.3 Å². The first-order valence-corrected chi connectivity index (χ1v) is 7.95. The molecule has 1 aromatic heterocycles. The summed E-state index contributed by atoms with van der Waals surface area (Å²) in [6, 6.07) is 6.55. The van der Waals surface area contributed by atoms with E-state index in [9.17, 15) is 19.5 Å². The third-order valence-electron chi connectivity index (χ3n) is 3.24. The lowest BCUT2D eigenvalue weighted by Crippen LogP contribution is -2.17. The van der Waals surface area contributed by atoms with Gasteiger partial charge in [0.1, 0.15) is 5.70 Å². The van der Waals surface area contributed by atoms with E-state index in [-0.39, 0.29) is 16.9 Å². The van der Waals surface area contributed by atoms with Gasteiger partial charge in [-0.1, -0.05) is 6.07 Å². The predicted octanol–water partition coefficient (Wildman–Crippen LogP) is 2.76. The van der Waals surface area contributed by atoms with Crippen molar-refractivity contribution in [1.82, 2.24) is 0 Å². The molecule has 8 heteroatoms. The molecule has 0 bridgehead atoms. The molecule has 0 radical (unpaired) electrons. The molecule has 130 valence electrons. The number of aromatic carboxylic acids is 1. The summed E-state index contributed by atoms with van der Waals surface area (Å²) in [5.74, 6) is -2.79. The second-order valence-electron chi connectivity index (χ2n) is 4.78. The van der Waals surface area contributed by atoms with E-state index in [2.05, 4.69) is 14.8 Å². The quantitative estimate of drug-likeness (QED) is 0.602. The average molecular weight is 361 g/mol. The number of benzene rings is 1. The normalized spacial score (nSPS) is 10.9. The van der Waals surface area contributed by atoms with Gasteiger partial charge in [-0.3, -0.25) is 0 Å². The van der Waals surface area contributed by atoms with Crippen LogP contribution in [-0.4, -0.2) is 37.2 Å². The number of thiophene rings is 1. The number of carbonyl (C=O) groups is 3. The molecule has 0 spiro atoms. The monoisotopic (exact) mass is 361 g/mol. The highest BCUT2D eigenvalue weighted by molar-refractivity contribution is 7.08. The zero-order valence-electron chi connectivity index (χ0n) is 13.4. The van der Waals surface area contributed by atoms with Crippen LogP contribution >= 0.6 is 11.3 Å². The van der Waals surface area contributed by atoms with Gasteiger partial charge in [-0.15, -0.1) is 0 Å². The molecular formula is C17H15NO6S. The van der Waals surface area contributed by atoms with Crippen molar-refractivity contribution in [2.75, 3.05) is 19.5 Å². The Kier molecular flexibility index (Phi) is 5.91. The second kappa shape index (κ2) is 8.11. The maximum Gasteiger partial charge on any atom is 0.354 e. The average Bonchev–Trinajstić information content (AvgIpc) is 3.14. The topological polar surface area (TPSA) is 102 Å². The number of esters is 2. The smallest absolute Gasteiger partial charge is 0.354 e. The Morgan fingerprint density at radius 3 is 2.44 bits per heavy atom. The van der Waals surface area contributed by atoms with Gasteiger partial charge in [0.2, 0.25) is 0 Å². The Bertz CT molecular complexity index is 826. The van der Waals surface area contributed by atoms with E-state index in [1.165, 1.54) is 17.4 Å². The maximum atomic E-state index is 11.9. The molecule has 2 rings (SSSR count). The molecule has 2 N–H and O–H groups in total. The van der Waals surface area contributed by atoms with Gasteiger partial charge in [0.25, 0.3) is 0 Å². The summed E-state index contributed by atoms with van der Waals surface area (Å²) in [7, 11) is 2.31. The number of carboxylic acids is 1. The van der Waals surface area contributed by atoms with Crippen LogP contribution in [0, 0.1) is 0 Å². The summed E-state index contributed by atoms with van der Waals surface area (Å²) >= 11 is 1.50. The molecule has 0 atom stereocenters. The van der Waals surface area contributed by atoms with Crippen molar-refractivity contribution in [3.8, 4) is 11.1 Å². The summed E-state index contributed by atoms with van der Waals surface area (Å²) < 4.78 is 9.10. The largest absolute Gasteiger partial charge is 0.478 e. The number of methoxy groups -OCH3 is 2. The summed E-state index contributed by atoms with van der Waals surface area (Å²) in [5, 5.41) is 15.8. The first kappa shape index (κ1) is 18.2. The Morgan fingerprint density at radius 2 is 1.88 bits per heavy atom. The van der Waals surface area contributed by atoms with Crippen LogP contribution in [0.1, 0.15) is 10.4 Å². The maximum absolute atomic E-state index is 11.9. The molecule has 25 heavy (non-hydrogen) atoms. The molecule has 0 unspecified atom stereocenters. The predicted molar refractivity (Wildman–Crippen MR) is 92.5 cm³/mol. The van der Waals surface area contributed by atoms with Crippen LogP contribution in [0.25, 0.3) is 11.1 Å². The lowest BCUT2D eigenvalue weighted by Gasteiger charge is -2.13. The fraction of sp³-hybridized carbons (Fsp3) is 0.118. The molecule has 0 aliphatic heterocycles. The number of hydrogen-bond acceptors (Lipinski definition) is 7. The van der Waals surface area contributed by atoms with Crippen LogP contribution in [0.2, 0.25) is 0 Å². The van der Waals surface area contributed by atoms with Crippen molar-refractivity contribution in [3.05, 3.63) is 52.4 Å². The molecule has 2 aromatic rings. The van der Waals surface area contributed by atoms with Crippen molar-refractivity contribution in [2.24, 2.45) is 0 Å². The van der Waals surface area contributed by atoms with Crippen LogP contribution in [0.3, 0.4) is 0 Å². The van der Waals surface area contributed by atoms with Gasteiger partial charge in [-0.25, -0.2) is 14.4 Å². The van der Waals surface area contributed by atoms with E-state index in [0.29, 0.717) is 0 Å². The molecule has 0 saturated carbocycles. The number of hydrogen-bond donors (Lipinski definition) is 2. The van der Waals surface area contributed by atoms with Crippen molar-refractivity contribution < 1.29 is 29.0 Å². The SMILES string of the molecule is COC(=O)/C=C(/Nc1cc(-c2ccsc2)ccc1C(=O)O)C(=O)OC. The first-order valence-electron chi connectivity index (χ1n) is 7.01. The van der Waals surface area contributed by atoms with E-state index in [0.717, 1.165) is 31.4 Å². The van der Waals surface area contributed by atoms with Crippen molar-refractivity contribution >= 4 is 34.9 Å². The molecular weight excluding hydrogens is 346 g/mol. The van der Waals surface area contributed by atoms with Crippen LogP contribution in [0.15, 0.2) is 46.8 Å². The summed E-state index contributed by atoms with van der Waals surface area (Å²) in [4.78, 5) is 34.8.